The Kier molecular flexibility index (Phi) is 3.44. The van der Waals surface area contributed by atoms with Gasteiger partial charge < -0.3 is 5.73 Å². The summed E-state index contributed by atoms with van der Waals surface area (Å²) in [5.41, 5.74) is 10.9. The van der Waals surface area contributed by atoms with Gasteiger partial charge in [-0.1, -0.05) is 19.1 Å². The van der Waals surface area contributed by atoms with Crippen LogP contribution in [0.5, 0.6) is 0 Å². The molecule has 1 atom stereocenters. The molecule has 1 unspecified atom stereocenters. The number of benzene rings is 1. The molecular weight excluding hydrogens is 246 g/mol. The third-order valence-electron chi connectivity index (χ3n) is 3.64. The van der Waals surface area contributed by atoms with Gasteiger partial charge in [0.15, 0.2) is 0 Å². The quantitative estimate of drug-likeness (QED) is 0.789. The first-order valence-electron chi connectivity index (χ1n) is 6.82. The average molecular weight is 263 g/mol. The SMILES string of the molecule is CCc1cnccc1C(N)c1ccc2ncccc2c1. The standard InChI is InChI=1S/C17H17N3/c1-2-12-11-19-9-7-15(12)17(18)14-5-6-16-13(10-14)4-3-8-20-16/h3-11,17H,2,18H2,1H3. The Balaban J connectivity index is 2.05. The molecule has 2 heterocycles. The van der Waals surface area contributed by atoms with Crippen LogP contribution in [0.2, 0.25) is 0 Å². The Bertz CT molecular complexity index is 737. The van der Waals surface area contributed by atoms with Crippen molar-refractivity contribution < 1.29 is 0 Å². The normalized spacial score (nSPS) is 12.5. The second-order valence-electron chi connectivity index (χ2n) is 4.86. The second kappa shape index (κ2) is 5.39. The van der Waals surface area contributed by atoms with E-state index in [1.165, 1.54) is 5.56 Å². The van der Waals surface area contributed by atoms with E-state index < -0.39 is 0 Å². The summed E-state index contributed by atoms with van der Waals surface area (Å²) in [6, 6.07) is 12.1. The summed E-state index contributed by atoms with van der Waals surface area (Å²) < 4.78 is 0. The fourth-order valence-corrected chi connectivity index (χ4v) is 2.50. The zero-order valence-electron chi connectivity index (χ0n) is 11.5. The maximum Gasteiger partial charge on any atom is 0.0702 e. The van der Waals surface area contributed by atoms with Crippen LogP contribution in [0.3, 0.4) is 0 Å². The molecule has 3 heteroatoms. The number of aryl methyl sites for hydroxylation is 1. The summed E-state index contributed by atoms with van der Waals surface area (Å²) in [5, 5.41) is 1.12. The lowest BCUT2D eigenvalue weighted by atomic mass is 9.94. The van der Waals surface area contributed by atoms with Gasteiger partial charge in [-0.25, -0.2) is 0 Å². The van der Waals surface area contributed by atoms with Crippen LogP contribution in [0.1, 0.15) is 29.7 Å². The molecule has 20 heavy (non-hydrogen) atoms. The molecule has 0 amide bonds. The first kappa shape index (κ1) is 12.8. The summed E-state index contributed by atoms with van der Waals surface area (Å²) in [6.07, 6.45) is 6.45. The van der Waals surface area contributed by atoms with Crippen LogP contribution in [0.4, 0.5) is 0 Å². The number of hydrogen-bond acceptors (Lipinski definition) is 3. The molecular formula is C17H17N3. The monoisotopic (exact) mass is 263 g/mol. The maximum absolute atomic E-state index is 6.44. The summed E-state index contributed by atoms with van der Waals surface area (Å²) in [5.74, 6) is 0. The molecule has 0 aliphatic carbocycles. The van der Waals surface area contributed by atoms with Crippen molar-refractivity contribution in [1.82, 2.24) is 9.97 Å². The van der Waals surface area contributed by atoms with Crippen LogP contribution in [0.25, 0.3) is 10.9 Å². The molecule has 2 N–H and O–H groups in total. The lowest BCUT2D eigenvalue weighted by Crippen LogP contribution is -2.14. The minimum absolute atomic E-state index is 0.127. The van der Waals surface area contributed by atoms with Crippen molar-refractivity contribution in [3.05, 3.63) is 71.7 Å². The van der Waals surface area contributed by atoms with Gasteiger partial charge in [0.25, 0.3) is 0 Å². The van der Waals surface area contributed by atoms with Crippen LogP contribution in [0.15, 0.2) is 55.0 Å². The summed E-state index contributed by atoms with van der Waals surface area (Å²) >= 11 is 0. The predicted molar refractivity (Wildman–Crippen MR) is 81.4 cm³/mol. The van der Waals surface area contributed by atoms with Crippen molar-refractivity contribution in [2.75, 3.05) is 0 Å². The molecule has 0 saturated carbocycles. The van der Waals surface area contributed by atoms with Crippen molar-refractivity contribution in [2.24, 2.45) is 5.73 Å². The van der Waals surface area contributed by atoms with Gasteiger partial charge in [-0.05, 0) is 47.4 Å². The van der Waals surface area contributed by atoms with Gasteiger partial charge in [-0.3, -0.25) is 9.97 Å². The molecule has 3 nitrogen and oxygen atoms in total. The van der Waals surface area contributed by atoms with Gasteiger partial charge in [0.2, 0.25) is 0 Å². The Morgan fingerprint density at radius 3 is 2.90 bits per heavy atom. The van der Waals surface area contributed by atoms with E-state index in [4.69, 9.17) is 5.73 Å². The largest absolute Gasteiger partial charge is 0.320 e. The summed E-state index contributed by atoms with van der Waals surface area (Å²) in [4.78, 5) is 8.51. The highest BCUT2D eigenvalue weighted by Gasteiger charge is 2.12. The number of rotatable bonds is 3. The molecule has 0 radical (unpaired) electrons. The molecule has 0 bridgehead atoms. The Hall–Kier alpha value is -2.26. The minimum Gasteiger partial charge on any atom is -0.320 e. The highest BCUT2D eigenvalue weighted by atomic mass is 14.7. The summed E-state index contributed by atoms with van der Waals surface area (Å²) in [6.45, 7) is 2.12. The molecule has 100 valence electrons. The van der Waals surface area contributed by atoms with Crippen LogP contribution in [-0.4, -0.2) is 9.97 Å². The first-order valence-corrected chi connectivity index (χ1v) is 6.82. The highest BCUT2D eigenvalue weighted by molar-refractivity contribution is 5.79. The van der Waals surface area contributed by atoms with E-state index in [9.17, 15) is 0 Å². The van der Waals surface area contributed by atoms with Crippen molar-refractivity contribution in [1.29, 1.82) is 0 Å². The third kappa shape index (κ3) is 2.28. The van der Waals surface area contributed by atoms with Gasteiger partial charge in [-0.2, -0.15) is 0 Å². The molecule has 0 aliphatic rings. The zero-order chi connectivity index (χ0) is 13.9. The van der Waals surface area contributed by atoms with Gasteiger partial charge in [0.05, 0.1) is 11.6 Å². The zero-order valence-corrected chi connectivity index (χ0v) is 11.5. The first-order chi connectivity index (χ1) is 9.79. The smallest absolute Gasteiger partial charge is 0.0702 e. The van der Waals surface area contributed by atoms with Gasteiger partial charge in [0.1, 0.15) is 0 Å². The van der Waals surface area contributed by atoms with E-state index in [0.717, 1.165) is 28.5 Å². The topological polar surface area (TPSA) is 51.8 Å². The Morgan fingerprint density at radius 2 is 2.05 bits per heavy atom. The van der Waals surface area contributed by atoms with Gasteiger partial charge in [0, 0.05) is 24.0 Å². The molecule has 0 saturated heterocycles. The van der Waals surface area contributed by atoms with E-state index in [0.29, 0.717) is 0 Å². The fourth-order valence-electron chi connectivity index (χ4n) is 2.50. The molecule has 2 aromatic heterocycles. The molecule has 0 aliphatic heterocycles. The maximum atomic E-state index is 6.44. The third-order valence-corrected chi connectivity index (χ3v) is 3.64. The van der Waals surface area contributed by atoms with Crippen LogP contribution >= 0.6 is 0 Å². The molecule has 1 aromatic carbocycles. The lowest BCUT2D eigenvalue weighted by molar-refractivity contribution is 0.845. The van der Waals surface area contributed by atoms with Crippen molar-refractivity contribution in [3.63, 3.8) is 0 Å². The molecule has 0 fully saturated rings. The molecule has 3 aromatic rings. The van der Waals surface area contributed by atoms with Gasteiger partial charge >= 0.3 is 0 Å². The molecule has 3 rings (SSSR count). The van der Waals surface area contributed by atoms with Crippen LogP contribution in [0, 0.1) is 0 Å². The number of fused-ring (bicyclic) bond motifs is 1. The number of aromatic nitrogens is 2. The second-order valence-corrected chi connectivity index (χ2v) is 4.86. The minimum atomic E-state index is -0.127. The van der Waals surface area contributed by atoms with E-state index in [1.807, 2.05) is 24.4 Å². The van der Waals surface area contributed by atoms with Crippen molar-refractivity contribution in [2.45, 2.75) is 19.4 Å². The van der Waals surface area contributed by atoms with E-state index in [1.54, 1.807) is 12.4 Å². The molecule has 0 spiro atoms. The predicted octanol–water partition coefficient (Wildman–Crippen LogP) is 3.24. The fraction of sp³-hybridized carbons (Fsp3) is 0.176. The number of nitrogens with zero attached hydrogens (tertiary/aromatic N) is 2. The Morgan fingerprint density at radius 1 is 1.15 bits per heavy atom. The van der Waals surface area contributed by atoms with E-state index >= 15 is 0 Å². The number of hydrogen-bond donors (Lipinski definition) is 1. The lowest BCUT2D eigenvalue weighted by Gasteiger charge is -2.16. The van der Waals surface area contributed by atoms with E-state index in [-0.39, 0.29) is 6.04 Å². The van der Waals surface area contributed by atoms with Crippen LogP contribution in [-0.2, 0) is 6.42 Å². The van der Waals surface area contributed by atoms with E-state index in [2.05, 4.69) is 35.1 Å². The van der Waals surface area contributed by atoms with Crippen molar-refractivity contribution in [3.8, 4) is 0 Å². The van der Waals surface area contributed by atoms with Gasteiger partial charge in [-0.15, -0.1) is 0 Å². The Labute approximate surface area is 118 Å². The van der Waals surface area contributed by atoms with Crippen LogP contribution < -0.4 is 5.73 Å². The number of pyridine rings is 2. The average Bonchev–Trinajstić information content (AvgIpc) is 2.53. The van der Waals surface area contributed by atoms with Crippen molar-refractivity contribution >= 4 is 10.9 Å². The number of nitrogens with two attached hydrogens (primary N) is 1. The highest BCUT2D eigenvalue weighted by Crippen LogP contribution is 2.25. The summed E-state index contributed by atoms with van der Waals surface area (Å²) in [7, 11) is 0.